The zero-order valence-electron chi connectivity index (χ0n) is 12.5. The molecule has 0 saturated carbocycles. The van der Waals surface area contributed by atoms with Crippen LogP contribution in [0.4, 0.5) is 5.82 Å². The summed E-state index contributed by atoms with van der Waals surface area (Å²) in [5.74, 6) is 0.183. The van der Waals surface area contributed by atoms with E-state index in [0.717, 1.165) is 36.3 Å². The zero-order chi connectivity index (χ0) is 15.5. The van der Waals surface area contributed by atoms with Crippen LogP contribution in [0, 0.1) is 0 Å². The topological polar surface area (TPSA) is 60.3 Å². The molecule has 0 saturated heterocycles. The summed E-state index contributed by atoms with van der Waals surface area (Å²) >= 11 is 0. The molecule has 0 unspecified atom stereocenters. The predicted molar refractivity (Wildman–Crippen MR) is 85.2 cm³/mol. The van der Waals surface area contributed by atoms with Gasteiger partial charge >= 0.3 is 5.97 Å². The van der Waals surface area contributed by atoms with Gasteiger partial charge in [0.25, 0.3) is 5.56 Å². The normalized spacial score (nSPS) is 13.7. The predicted octanol–water partition coefficient (Wildman–Crippen LogP) is 2.51. The van der Waals surface area contributed by atoms with Crippen molar-refractivity contribution in [3.8, 4) is 11.1 Å². The summed E-state index contributed by atoms with van der Waals surface area (Å²) in [6.07, 6.45) is 1.89. The number of hydrogen-bond acceptors (Lipinski definition) is 4. The van der Waals surface area contributed by atoms with Crippen LogP contribution in [0.2, 0.25) is 0 Å². The summed E-state index contributed by atoms with van der Waals surface area (Å²) in [6, 6.07) is 11.4. The quantitative estimate of drug-likeness (QED) is 0.865. The fourth-order valence-electron chi connectivity index (χ4n) is 2.77. The Hall–Kier alpha value is -2.56. The van der Waals surface area contributed by atoms with Crippen LogP contribution in [-0.4, -0.2) is 24.2 Å². The van der Waals surface area contributed by atoms with Crippen molar-refractivity contribution in [3.63, 3.8) is 0 Å². The van der Waals surface area contributed by atoms with Crippen LogP contribution in [0.5, 0.6) is 0 Å². The number of aromatic nitrogens is 1. The van der Waals surface area contributed by atoms with Crippen LogP contribution in [0.3, 0.4) is 0 Å². The van der Waals surface area contributed by atoms with Crippen LogP contribution in [0.15, 0.2) is 41.2 Å². The molecule has 5 nitrogen and oxygen atoms in total. The first-order chi connectivity index (χ1) is 10.7. The minimum Gasteiger partial charge on any atom is -0.465 e. The molecule has 3 rings (SSSR count). The molecule has 0 amide bonds. The number of methoxy groups -OCH3 is 1. The van der Waals surface area contributed by atoms with Gasteiger partial charge in [0.1, 0.15) is 11.4 Å². The second-order valence-electron chi connectivity index (χ2n) is 5.27. The van der Waals surface area contributed by atoms with E-state index in [9.17, 15) is 9.59 Å². The molecular formula is C17H18N2O3. The number of pyridine rings is 1. The van der Waals surface area contributed by atoms with Crippen molar-refractivity contribution in [1.82, 2.24) is 4.57 Å². The van der Waals surface area contributed by atoms with Crippen molar-refractivity contribution in [1.29, 1.82) is 0 Å². The third-order valence-corrected chi connectivity index (χ3v) is 3.88. The maximum Gasteiger partial charge on any atom is 0.343 e. The molecule has 0 bridgehead atoms. The van der Waals surface area contributed by atoms with Gasteiger partial charge in [-0.05, 0) is 24.5 Å². The van der Waals surface area contributed by atoms with E-state index in [4.69, 9.17) is 4.74 Å². The molecule has 0 spiro atoms. The fraction of sp³-hybridized carbons (Fsp3) is 0.294. The highest BCUT2D eigenvalue weighted by atomic mass is 16.5. The van der Waals surface area contributed by atoms with Gasteiger partial charge in [-0.25, -0.2) is 4.79 Å². The van der Waals surface area contributed by atoms with Crippen LogP contribution >= 0.6 is 0 Å². The van der Waals surface area contributed by atoms with Crippen molar-refractivity contribution in [3.05, 3.63) is 52.3 Å². The number of carbonyl (C=O) groups excluding carboxylic acids is 1. The first kappa shape index (κ1) is 14.4. The third-order valence-electron chi connectivity index (χ3n) is 3.88. The van der Waals surface area contributed by atoms with E-state index in [-0.39, 0.29) is 11.1 Å². The Kier molecular flexibility index (Phi) is 3.96. The van der Waals surface area contributed by atoms with Crippen LogP contribution < -0.4 is 10.9 Å². The van der Waals surface area contributed by atoms with E-state index >= 15 is 0 Å². The summed E-state index contributed by atoms with van der Waals surface area (Å²) in [5.41, 5.74) is 1.60. The van der Waals surface area contributed by atoms with Crippen molar-refractivity contribution in [2.75, 3.05) is 19.0 Å². The minimum absolute atomic E-state index is 0.0776. The number of benzene rings is 1. The number of nitrogens with zero attached hydrogens (tertiary/aromatic N) is 1. The number of rotatable bonds is 2. The first-order valence-corrected chi connectivity index (χ1v) is 7.38. The molecule has 22 heavy (non-hydrogen) atoms. The van der Waals surface area contributed by atoms with Crippen LogP contribution in [-0.2, 0) is 11.3 Å². The number of ether oxygens (including phenoxy) is 1. The highest BCUT2D eigenvalue weighted by Gasteiger charge is 2.21. The van der Waals surface area contributed by atoms with Gasteiger partial charge in [0, 0.05) is 18.7 Å². The average Bonchev–Trinajstić information content (AvgIpc) is 2.82. The molecule has 114 valence electrons. The number of fused-ring (bicyclic) bond motifs is 1. The Bertz CT molecular complexity index is 750. The van der Waals surface area contributed by atoms with Gasteiger partial charge in [0.15, 0.2) is 0 Å². The first-order valence-electron chi connectivity index (χ1n) is 7.38. The molecule has 0 aliphatic carbocycles. The summed E-state index contributed by atoms with van der Waals surface area (Å²) in [7, 11) is 1.29. The highest BCUT2D eigenvalue weighted by molar-refractivity contribution is 5.92. The molecule has 2 heterocycles. The maximum absolute atomic E-state index is 12.6. The number of hydrogen-bond donors (Lipinski definition) is 1. The molecule has 2 aromatic rings. The van der Waals surface area contributed by atoms with Crippen molar-refractivity contribution in [2.45, 2.75) is 19.4 Å². The standard InChI is InChI=1S/C17H18N2O3/c1-22-17(21)14-11-13(12-7-3-2-4-8-12)15-18-9-5-6-10-19(15)16(14)20/h2-4,7-8,11,18H,5-6,9-10H2,1H3. The van der Waals surface area contributed by atoms with E-state index in [1.54, 1.807) is 10.6 Å². The Balaban J connectivity index is 2.28. The second-order valence-corrected chi connectivity index (χ2v) is 5.27. The van der Waals surface area contributed by atoms with Crippen molar-refractivity contribution < 1.29 is 9.53 Å². The molecule has 5 heteroatoms. The molecular weight excluding hydrogens is 280 g/mol. The number of nitrogens with one attached hydrogen (secondary N) is 1. The lowest BCUT2D eigenvalue weighted by molar-refractivity contribution is 0.0598. The van der Waals surface area contributed by atoms with Gasteiger partial charge in [0.05, 0.1) is 7.11 Å². The minimum atomic E-state index is -0.596. The van der Waals surface area contributed by atoms with Gasteiger partial charge in [-0.15, -0.1) is 0 Å². The van der Waals surface area contributed by atoms with E-state index < -0.39 is 5.97 Å². The Morgan fingerprint density at radius 3 is 2.73 bits per heavy atom. The van der Waals surface area contributed by atoms with E-state index in [0.29, 0.717) is 6.54 Å². The molecule has 1 aromatic heterocycles. The van der Waals surface area contributed by atoms with Crippen molar-refractivity contribution in [2.24, 2.45) is 0 Å². The second kappa shape index (κ2) is 6.05. The van der Waals surface area contributed by atoms with Gasteiger partial charge < -0.3 is 10.1 Å². The maximum atomic E-state index is 12.6. The zero-order valence-corrected chi connectivity index (χ0v) is 12.5. The Labute approximate surface area is 128 Å². The molecule has 0 radical (unpaired) electrons. The van der Waals surface area contributed by atoms with E-state index in [1.165, 1.54) is 7.11 Å². The van der Waals surface area contributed by atoms with Gasteiger partial charge in [-0.3, -0.25) is 9.36 Å². The molecule has 1 N–H and O–H groups in total. The lowest BCUT2D eigenvalue weighted by atomic mass is 10.0. The SMILES string of the molecule is COC(=O)c1cc(-c2ccccc2)c2n(c1=O)CCCCN2. The Morgan fingerprint density at radius 1 is 1.23 bits per heavy atom. The summed E-state index contributed by atoms with van der Waals surface area (Å²) in [6.45, 7) is 1.42. The highest BCUT2D eigenvalue weighted by Crippen LogP contribution is 2.29. The third kappa shape index (κ3) is 2.50. The Morgan fingerprint density at radius 2 is 2.00 bits per heavy atom. The number of anilines is 1. The van der Waals surface area contributed by atoms with E-state index in [1.807, 2.05) is 30.3 Å². The fourth-order valence-corrected chi connectivity index (χ4v) is 2.77. The van der Waals surface area contributed by atoms with Crippen LogP contribution in [0.25, 0.3) is 11.1 Å². The van der Waals surface area contributed by atoms with E-state index in [2.05, 4.69) is 5.32 Å². The molecule has 1 aliphatic heterocycles. The van der Waals surface area contributed by atoms with Gasteiger partial charge in [-0.2, -0.15) is 0 Å². The van der Waals surface area contributed by atoms with Crippen LogP contribution in [0.1, 0.15) is 23.2 Å². The average molecular weight is 298 g/mol. The van der Waals surface area contributed by atoms with Crippen molar-refractivity contribution >= 4 is 11.8 Å². The van der Waals surface area contributed by atoms with Gasteiger partial charge in [0.2, 0.25) is 0 Å². The molecule has 1 aliphatic rings. The lowest BCUT2D eigenvalue weighted by Gasteiger charge is -2.17. The summed E-state index contributed by atoms with van der Waals surface area (Å²) in [5, 5.41) is 3.33. The summed E-state index contributed by atoms with van der Waals surface area (Å²) in [4.78, 5) is 24.5. The number of esters is 1. The number of carbonyl (C=O) groups is 1. The lowest BCUT2D eigenvalue weighted by Crippen LogP contribution is -2.28. The molecule has 0 fully saturated rings. The largest absolute Gasteiger partial charge is 0.465 e. The van der Waals surface area contributed by atoms with Gasteiger partial charge in [-0.1, -0.05) is 30.3 Å². The monoisotopic (exact) mass is 298 g/mol. The summed E-state index contributed by atoms with van der Waals surface area (Å²) < 4.78 is 6.41. The molecule has 0 atom stereocenters. The molecule has 1 aromatic carbocycles. The smallest absolute Gasteiger partial charge is 0.343 e.